The van der Waals surface area contributed by atoms with Crippen LogP contribution in [0.3, 0.4) is 0 Å². The summed E-state index contributed by atoms with van der Waals surface area (Å²) in [5.74, 6) is 0.660. The van der Waals surface area contributed by atoms with Gasteiger partial charge in [0.2, 0.25) is 0 Å². The van der Waals surface area contributed by atoms with Crippen LogP contribution in [-0.2, 0) is 6.54 Å². The molecule has 0 spiro atoms. The lowest BCUT2D eigenvalue weighted by atomic mass is 10.2. The van der Waals surface area contributed by atoms with E-state index in [1.54, 1.807) is 18.0 Å². The highest BCUT2D eigenvalue weighted by atomic mass is 35.5. The zero-order valence-electron chi connectivity index (χ0n) is 11.8. The number of hydrogen-bond acceptors (Lipinski definition) is 3. The van der Waals surface area contributed by atoms with E-state index in [1.165, 1.54) is 10.5 Å². The Balaban J connectivity index is 2.05. The molecule has 2 aromatic rings. The van der Waals surface area contributed by atoms with Gasteiger partial charge in [-0.3, -0.25) is 0 Å². The van der Waals surface area contributed by atoms with Crippen molar-refractivity contribution in [1.82, 2.24) is 10.3 Å². The second-order valence-electron chi connectivity index (χ2n) is 5.05. The fraction of sp³-hybridized carbons (Fsp3) is 0.312. The van der Waals surface area contributed by atoms with Crippen LogP contribution in [0.25, 0.3) is 0 Å². The molecule has 2 nitrogen and oxygen atoms in total. The summed E-state index contributed by atoms with van der Waals surface area (Å²) in [5.41, 5.74) is 1.30. The highest BCUT2D eigenvalue weighted by molar-refractivity contribution is 7.99. The molecule has 4 heteroatoms. The first-order valence-corrected chi connectivity index (χ1v) is 7.92. The summed E-state index contributed by atoms with van der Waals surface area (Å²) >= 11 is 7.53. The van der Waals surface area contributed by atoms with Crippen molar-refractivity contribution in [2.75, 3.05) is 6.54 Å². The van der Waals surface area contributed by atoms with Gasteiger partial charge in [-0.15, -0.1) is 0 Å². The minimum absolute atomic E-state index is 0.660. The number of hydrogen-bond donors (Lipinski definition) is 1. The summed E-state index contributed by atoms with van der Waals surface area (Å²) in [6.45, 7) is 6.34. The van der Waals surface area contributed by atoms with E-state index in [-0.39, 0.29) is 0 Å². The van der Waals surface area contributed by atoms with Crippen LogP contribution >= 0.6 is 23.4 Å². The van der Waals surface area contributed by atoms with Crippen LogP contribution in [0.5, 0.6) is 0 Å². The quantitative estimate of drug-likeness (QED) is 0.842. The van der Waals surface area contributed by atoms with Crippen LogP contribution in [0.1, 0.15) is 19.4 Å². The van der Waals surface area contributed by atoms with Crippen molar-refractivity contribution in [2.24, 2.45) is 5.92 Å². The molecule has 0 aliphatic carbocycles. The molecule has 0 unspecified atom stereocenters. The molecule has 2 rings (SSSR count). The summed E-state index contributed by atoms with van der Waals surface area (Å²) in [6.07, 6.45) is 1.68. The lowest BCUT2D eigenvalue weighted by molar-refractivity contribution is 0.550. The largest absolute Gasteiger partial charge is 0.312 e. The first-order chi connectivity index (χ1) is 9.65. The third kappa shape index (κ3) is 4.82. The predicted molar refractivity (Wildman–Crippen MR) is 86.4 cm³/mol. The Bertz CT molecular complexity index is 540. The first-order valence-electron chi connectivity index (χ1n) is 6.73. The summed E-state index contributed by atoms with van der Waals surface area (Å²) in [5, 5.41) is 5.11. The number of pyridine rings is 1. The average Bonchev–Trinajstić information content (AvgIpc) is 2.43. The third-order valence-corrected chi connectivity index (χ3v) is 4.05. The summed E-state index contributed by atoms with van der Waals surface area (Å²) in [4.78, 5) is 5.57. The molecule has 0 saturated heterocycles. The number of nitrogens with one attached hydrogen (secondary N) is 1. The van der Waals surface area contributed by atoms with Gasteiger partial charge in [0.25, 0.3) is 0 Å². The van der Waals surface area contributed by atoms with Crippen LogP contribution in [-0.4, -0.2) is 11.5 Å². The zero-order valence-corrected chi connectivity index (χ0v) is 13.3. The van der Waals surface area contributed by atoms with Gasteiger partial charge in [-0.1, -0.05) is 55.4 Å². The van der Waals surface area contributed by atoms with E-state index >= 15 is 0 Å². The summed E-state index contributed by atoms with van der Waals surface area (Å²) in [6, 6.07) is 12.2. The molecule has 0 aliphatic rings. The Kier molecular flexibility index (Phi) is 5.89. The first kappa shape index (κ1) is 15.4. The topological polar surface area (TPSA) is 24.9 Å². The summed E-state index contributed by atoms with van der Waals surface area (Å²) < 4.78 is 0. The van der Waals surface area contributed by atoms with Crippen LogP contribution < -0.4 is 5.32 Å². The average molecular weight is 307 g/mol. The van der Waals surface area contributed by atoms with E-state index in [1.807, 2.05) is 12.1 Å². The molecule has 0 atom stereocenters. The van der Waals surface area contributed by atoms with Crippen LogP contribution in [0.15, 0.2) is 52.5 Å². The Morgan fingerprint density at radius 3 is 2.70 bits per heavy atom. The molecule has 0 amide bonds. The molecule has 0 saturated carbocycles. The number of halogens is 1. The van der Waals surface area contributed by atoms with Crippen molar-refractivity contribution in [3.8, 4) is 0 Å². The third-order valence-electron chi connectivity index (χ3n) is 2.76. The molecule has 0 radical (unpaired) electrons. The molecule has 1 heterocycles. The lowest BCUT2D eigenvalue weighted by Gasteiger charge is -2.11. The van der Waals surface area contributed by atoms with Crippen molar-refractivity contribution in [2.45, 2.75) is 30.3 Å². The van der Waals surface area contributed by atoms with Gasteiger partial charge in [-0.2, -0.15) is 0 Å². The standard InChI is InChI=1S/C16H19ClN2S/c1-12(2)9-18-10-13-5-3-4-6-15(13)20-16-8-7-14(17)11-19-16/h3-8,11-12,18H,9-10H2,1-2H3. The van der Waals surface area contributed by atoms with E-state index in [4.69, 9.17) is 11.6 Å². The molecule has 106 valence electrons. The fourth-order valence-corrected chi connectivity index (χ4v) is 2.78. The van der Waals surface area contributed by atoms with Crippen LogP contribution in [0.4, 0.5) is 0 Å². The van der Waals surface area contributed by atoms with Crippen molar-refractivity contribution in [3.63, 3.8) is 0 Å². The Hall–Kier alpha value is -1.03. The molecule has 20 heavy (non-hydrogen) atoms. The van der Waals surface area contributed by atoms with Crippen molar-refractivity contribution >= 4 is 23.4 Å². The number of rotatable bonds is 6. The lowest BCUT2D eigenvalue weighted by Crippen LogP contribution is -2.19. The van der Waals surface area contributed by atoms with E-state index < -0.39 is 0 Å². The Labute approximate surface area is 130 Å². The maximum atomic E-state index is 5.86. The molecule has 0 bridgehead atoms. The van der Waals surface area contributed by atoms with E-state index in [0.29, 0.717) is 10.9 Å². The Morgan fingerprint density at radius 1 is 1.20 bits per heavy atom. The Morgan fingerprint density at radius 2 is 2.00 bits per heavy atom. The maximum Gasteiger partial charge on any atom is 0.101 e. The van der Waals surface area contributed by atoms with Gasteiger partial charge in [0.15, 0.2) is 0 Å². The second-order valence-corrected chi connectivity index (χ2v) is 6.55. The molecule has 1 N–H and O–H groups in total. The predicted octanol–water partition coefficient (Wildman–Crippen LogP) is 4.63. The number of aromatic nitrogens is 1. The fourth-order valence-electron chi connectivity index (χ4n) is 1.78. The van der Waals surface area contributed by atoms with Gasteiger partial charge in [-0.05, 0) is 36.2 Å². The minimum Gasteiger partial charge on any atom is -0.312 e. The second kappa shape index (κ2) is 7.67. The minimum atomic E-state index is 0.660. The summed E-state index contributed by atoms with van der Waals surface area (Å²) in [7, 11) is 0. The zero-order chi connectivity index (χ0) is 14.4. The highest BCUT2D eigenvalue weighted by Gasteiger charge is 2.05. The monoisotopic (exact) mass is 306 g/mol. The van der Waals surface area contributed by atoms with Gasteiger partial charge in [0, 0.05) is 17.6 Å². The van der Waals surface area contributed by atoms with Crippen molar-refractivity contribution in [3.05, 3.63) is 53.2 Å². The normalized spacial score (nSPS) is 11.0. The molecular weight excluding hydrogens is 288 g/mol. The van der Waals surface area contributed by atoms with E-state index in [2.05, 4.69) is 48.4 Å². The number of benzene rings is 1. The smallest absolute Gasteiger partial charge is 0.101 e. The molecule has 0 fully saturated rings. The maximum absolute atomic E-state index is 5.86. The van der Waals surface area contributed by atoms with E-state index in [0.717, 1.165) is 18.1 Å². The van der Waals surface area contributed by atoms with Crippen LogP contribution in [0.2, 0.25) is 5.02 Å². The van der Waals surface area contributed by atoms with Gasteiger partial charge in [-0.25, -0.2) is 4.98 Å². The number of nitrogens with zero attached hydrogens (tertiary/aromatic N) is 1. The molecule has 1 aromatic heterocycles. The van der Waals surface area contributed by atoms with Crippen molar-refractivity contribution < 1.29 is 0 Å². The van der Waals surface area contributed by atoms with Gasteiger partial charge < -0.3 is 5.32 Å². The van der Waals surface area contributed by atoms with Gasteiger partial charge in [0.05, 0.1) is 5.02 Å². The molecule has 0 aliphatic heterocycles. The molecule has 1 aromatic carbocycles. The molecular formula is C16H19ClN2S. The van der Waals surface area contributed by atoms with Crippen molar-refractivity contribution in [1.29, 1.82) is 0 Å². The highest BCUT2D eigenvalue weighted by Crippen LogP contribution is 2.29. The SMILES string of the molecule is CC(C)CNCc1ccccc1Sc1ccc(Cl)cn1. The van der Waals surface area contributed by atoms with E-state index in [9.17, 15) is 0 Å². The van der Waals surface area contributed by atoms with Gasteiger partial charge in [0.1, 0.15) is 5.03 Å². The van der Waals surface area contributed by atoms with Gasteiger partial charge >= 0.3 is 0 Å². The van der Waals surface area contributed by atoms with Crippen LogP contribution in [0, 0.1) is 5.92 Å².